The summed E-state index contributed by atoms with van der Waals surface area (Å²) in [7, 11) is 0. The molecule has 2 nitrogen and oxygen atoms in total. The number of aldehydes is 1. The average Bonchev–Trinajstić information content (AvgIpc) is 2.10. The van der Waals surface area contributed by atoms with Gasteiger partial charge in [0.05, 0.1) is 6.10 Å². The minimum Gasteiger partial charge on any atom is -0.365 e. The number of rotatable bonds is 3. The summed E-state index contributed by atoms with van der Waals surface area (Å²) < 4.78 is 5.84. The number of hydrogen-bond acceptors (Lipinski definition) is 2. The molecule has 0 radical (unpaired) electrons. The van der Waals surface area contributed by atoms with Crippen molar-refractivity contribution in [2.75, 3.05) is 0 Å². The van der Waals surface area contributed by atoms with Gasteiger partial charge < -0.3 is 9.53 Å². The summed E-state index contributed by atoms with van der Waals surface area (Å²) in [5.41, 5.74) is -0.508. The third-order valence-corrected chi connectivity index (χ3v) is 3.25. The first-order chi connectivity index (χ1) is 6.50. The molecule has 0 aromatic carbocycles. The molecule has 0 N–H and O–H groups in total. The first-order valence-corrected chi connectivity index (χ1v) is 5.64. The molecular formula is C12H22O2. The Morgan fingerprint density at radius 1 is 1.36 bits per heavy atom. The summed E-state index contributed by atoms with van der Waals surface area (Å²) in [5, 5.41) is 0. The fourth-order valence-corrected chi connectivity index (χ4v) is 2.42. The second-order valence-electron chi connectivity index (χ2n) is 5.03. The van der Waals surface area contributed by atoms with E-state index >= 15 is 0 Å². The van der Waals surface area contributed by atoms with E-state index < -0.39 is 5.60 Å². The number of carbonyl (C=O) groups is 1. The van der Waals surface area contributed by atoms with Crippen LogP contribution in [0, 0.1) is 11.8 Å². The largest absolute Gasteiger partial charge is 0.365 e. The monoisotopic (exact) mass is 198 g/mol. The van der Waals surface area contributed by atoms with Crippen LogP contribution in [-0.4, -0.2) is 18.0 Å². The maximum absolute atomic E-state index is 11.2. The molecule has 1 fully saturated rings. The first kappa shape index (κ1) is 11.7. The summed E-state index contributed by atoms with van der Waals surface area (Å²) in [5.74, 6) is 0.966. The van der Waals surface area contributed by atoms with Crippen molar-refractivity contribution in [2.45, 2.75) is 58.7 Å². The SMILES string of the molecule is CC1CCC(C)C(C=O)(OC(C)C)C1. The Hall–Kier alpha value is -0.370. The molecule has 0 saturated heterocycles. The zero-order valence-corrected chi connectivity index (χ0v) is 9.75. The second-order valence-corrected chi connectivity index (χ2v) is 5.03. The Morgan fingerprint density at radius 3 is 2.50 bits per heavy atom. The molecule has 0 bridgehead atoms. The molecule has 0 aliphatic heterocycles. The van der Waals surface area contributed by atoms with E-state index in [2.05, 4.69) is 13.8 Å². The Kier molecular flexibility index (Phi) is 3.71. The van der Waals surface area contributed by atoms with Gasteiger partial charge in [0, 0.05) is 0 Å². The number of hydrogen-bond donors (Lipinski definition) is 0. The van der Waals surface area contributed by atoms with Gasteiger partial charge in [-0.15, -0.1) is 0 Å². The van der Waals surface area contributed by atoms with Crippen LogP contribution < -0.4 is 0 Å². The summed E-state index contributed by atoms with van der Waals surface area (Å²) in [6, 6.07) is 0. The standard InChI is InChI=1S/C12H22O2/c1-9(2)14-12(8-13)7-10(3)5-6-11(12)4/h8-11H,5-7H2,1-4H3. The van der Waals surface area contributed by atoms with Gasteiger partial charge in [0.15, 0.2) is 6.29 Å². The molecule has 1 saturated carbocycles. The van der Waals surface area contributed by atoms with Crippen molar-refractivity contribution in [3.8, 4) is 0 Å². The zero-order chi connectivity index (χ0) is 10.8. The molecule has 0 aromatic rings. The highest BCUT2D eigenvalue weighted by atomic mass is 16.5. The summed E-state index contributed by atoms with van der Waals surface area (Å²) in [6.07, 6.45) is 4.38. The molecule has 1 rings (SSSR count). The maximum Gasteiger partial charge on any atom is 0.152 e. The average molecular weight is 198 g/mol. The lowest BCUT2D eigenvalue weighted by atomic mass is 9.72. The Morgan fingerprint density at radius 2 is 2.00 bits per heavy atom. The van der Waals surface area contributed by atoms with Gasteiger partial charge in [0.2, 0.25) is 0 Å². The summed E-state index contributed by atoms with van der Waals surface area (Å²) >= 11 is 0. The van der Waals surface area contributed by atoms with Crippen molar-refractivity contribution in [2.24, 2.45) is 11.8 Å². The minimum atomic E-state index is -0.508. The van der Waals surface area contributed by atoms with Gasteiger partial charge in [-0.05, 0) is 38.5 Å². The third-order valence-electron chi connectivity index (χ3n) is 3.25. The molecule has 3 unspecified atom stereocenters. The van der Waals surface area contributed by atoms with Crippen molar-refractivity contribution in [1.29, 1.82) is 0 Å². The highest BCUT2D eigenvalue weighted by molar-refractivity contribution is 5.63. The molecule has 2 heteroatoms. The lowest BCUT2D eigenvalue weighted by Gasteiger charge is -2.41. The van der Waals surface area contributed by atoms with E-state index in [1.54, 1.807) is 0 Å². The smallest absolute Gasteiger partial charge is 0.152 e. The molecular weight excluding hydrogens is 176 g/mol. The van der Waals surface area contributed by atoms with Crippen molar-refractivity contribution >= 4 is 6.29 Å². The van der Waals surface area contributed by atoms with Crippen LogP contribution in [0.5, 0.6) is 0 Å². The van der Waals surface area contributed by atoms with Gasteiger partial charge in [-0.2, -0.15) is 0 Å². The van der Waals surface area contributed by atoms with Crippen molar-refractivity contribution in [3.63, 3.8) is 0 Å². The first-order valence-electron chi connectivity index (χ1n) is 5.64. The van der Waals surface area contributed by atoms with Gasteiger partial charge in [-0.3, -0.25) is 0 Å². The van der Waals surface area contributed by atoms with Crippen LogP contribution in [0.1, 0.15) is 47.0 Å². The quantitative estimate of drug-likeness (QED) is 0.652. The van der Waals surface area contributed by atoms with Crippen LogP contribution >= 0.6 is 0 Å². The topological polar surface area (TPSA) is 26.3 Å². The van der Waals surface area contributed by atoms with Crippen LogP contribution in [-0.2, 0) is 9.53 Å². The molecule has 1 aliphatic carbocycles. The highest BCUT2D eigenvalue weighted by Gasteiger charge is 2.42. The van der Waals surface area contributed by atoms with E-state index in [1.165, 1.54) is 6.42 Å². The fourth-order valence-electron chi connectivity index (χ4n) is 2.42. The second kappa shape index (κ2) is 4.43. The Labute approximate surface area is 87.0 Å². The predicted octanol–water partition coefficient (Wildman–Crippen LogP) is 2.81. The van der Waals surface area contributed by atoms with E-state index in [4.69, 9.17) is 4.74 Å². The molecule has 1 aliphatic rings. The molecule has 3 atom stereocenters. The fraction of sp³-hybridized carbons (Fsp3) is 0.917. The summed E-state index contributed by atoms with van der Waals surface area (Å²) in [6.45, 7) is 8.32. The minimum absolute atomic E-state index is 0.132. The molecule has 0 amide bonds. The van der Waals surface area contributed by atoms with Gasteiger partial charge in [0.1, 0.15) is 5.60 Å². The van der Waals surface area contributed by atoms with E-state index in [-0.39, 0.29) is 6.10 Å². The molecule has 0 spiro atoms. The van der Waals surface area contributed by atoms with Gasteiger partial charge in [-0.1, -0.05) is 20.3 Å². The van der Waals surface area contributed by atoms with Gasteiger partial charge >= 0.3 is 0 Å². The van der Waals surface area contributed by atoms with Crippen molar-refractivity contribution in [3.05, 3.63) is 0 Å². The van der Waals surface area contributed by atoms with Gasteiger partial charge in [-0.25, -0.2) is 0 Å². The van der Waals surface area contributed by atoms with Crippen LogP contribution in [0.2, 0.25) is 0 Å². The summed E-state index contributed by atoms with van der Waals surface area (Å²) in [4.78, 5) is 11.2. The van der Waals surface area contributed by atoms with Crippen LogP contribution in [0.3, 0.4) is 0 Å². The predicted molar refractivity (Wildman–Crippen MR) is 57.2 cm³/mol. The third kappa shape index (κ3) is 2.35. The van der Waals surface area contributed by atoms with Crippen LogP contribution in [0.15, 0.2) is 0 Å². The Balaban J connectivity index is 2.77. The molecule has 0 heterocycles. The van der Waals surface area contributed by atoms with E-state index in [0.29, 0.717) is 11.8 Å². The molecule has 0 aromatic heterocycles. The van der Waals surface area contributed by atoms with E-state index in [1.807, 2.05) is 13.8 Å². The lowest BCUT2D eigenvalue weighted by molar-refractivity contribution is -0.157. The zero-order valence-electron chi connectivity index (χ0n) is 9.75. The van der Waals surface area contributed by atoms with Crippen molar-refractivity contribution in [1.82, 2.24) is 0 Å². The highest BCUT2D eigenvalue weighted by Crippen LogP contribution is 2.38. The number of carbonyl (C=O) groups excluding carboxylic acids is 1. The normalized spacial score (nSPS) is 38.6. The van der Waals surface area contributed by atoms with Gasteiger partial charge in [0.25, 0.3) is 0 Å². The number of ether oxygens (including phenoxy) is 1. The van der Waals surface area contributed by atoms with Crippen LogP contribution in [0.4, 0.5) is 0 Å². The molecule has 14 heavy (non-hydrogen) atoms. The van der Waals surface area contributed by atoms with Crippen molar-refractivity contribution < 1.29 is 9.53 Å². The Bertz CT molecular complexity index is 196. The molecule has 82 valence electrons. The van der Waals surface area contributed by atoms with Crippen LogP contribution in [0.25, 0.3) is 0 Å². The lowest BCUT2D eigenvalue weighted by Crippen LogP contribution is -2.47. The van der Waals surface area contributed by atoms with E-state index in [9.17, 15) is 4.79 Å². The maximum atomic E-state index is 11.2. The van der Waals surface area contributed by atoms with E-state index in [0.717, 1.165) is 19.1 Å².